The molecule has 4 nitrogen and oxygen atoms in total. The number of hydrogen-bond donors (Lipinski definition) is 1. The number of fused-ring (bicyclic) bond motifs is 3. The second-order valence-electron chi connectivity index (χ2n) is 2.66. The maximum absolute atomic E-state index is 4.17. The van der Waals surface area contributed by atoms with Gasteiger partial charge in [-0.2, -0.15) is 5.10 Å². The highest BCUT2D eigenvalue weighted by atomic mass is 15.1. The average molecular weight is 158 g/mol. The van der Waals surface area contributed by atoms with Crippen LogP contribution in [0.15, 0.2) is 30.7 Å². The molecule has 0 aliphatic heterocycles. The molecule has 1 N–H and O–H groups in total. The molecule has 0 spiro atoms. The largest absolute Gasteiger partial charge is 0.297 e. The minimum atomic E-state index is 0.948. The topological polar surface area (TPSA) is 46.0 Å². The quantitative estimate of drug-likeness (QED) is 0.534. The first-order chi connectivity index (χ1) is 5.95. The molecule has 0 bridgehead atoms. The lowest BCUT2D eigenvalue weighted by atomic mass is 10.4. The molecule has 0 atom stereocenters. The van der Waals surface area contributed by atoms with Gasteiger partial charge in [0.2, 0.25) is 0 Å². The van der Waals surface area contributed by atoms with Gasteiger partial charge >= 0.3 is 0 Å². The Morgan fingerprint density at radius 2 is 2.33 bits per heavy atom. The van der Waals surface area contributed by atoms with Crippen LogP contribution >= 0.6 is 0 Å². The fourth-order valence-corrected chi connectivity index (χ4v) is 1.40. The van der Waals surface area contributed by atoms with Crippen molar-refractivity contribution in [1.82, 2.24) is 19.6 Å². The van der Waals surface area contributed by atoms with Crippen LogP contribution in [0.5, 0.6) is 0 Å². The van der Waals surface area contributed by atoms with Gasteiger partial charge < -0.3 is 0 Å². The van der Waals surface area contributed by atoms with Crippen molar-refractivity contribution in [2.75, 3.05) is 0 Å². The van der Waals surface area contributed by atoms with Gasteiger partial charge in [0.25, 0.3) is 0 Å². The molecule has 3 rings (SSSR count). The summed E-state index contributed by atoms with van der Waals surface area (Å²) in [5.74, 6) is 0. The normalized spacial score (nSPS) is 11.3. The highest BCUT2D eigenvalue weighted by molar-refractivity contribution is 5.77. The minimum absolute atomic E-state index is 0.948. The lowest BCUT2D eigenvalue weighted by molar-refractivity contribution is 1.12. The van der Waals surface area contributed by atoms with Gasteiger partial charge in [-0.15, -0.1) is 0 Å². The lowest BCUT2D eigenvalue weighted by Crippen LogP contribution is -1.82. The highest BCUT2D eigenvalue weighted by Gasteiger charge is 1.99. The van der Waals surface area contributed by atoms with Crippen LogP contribution in [0.4, 0.5) is 0 Å². The number of aromatic amines is 1. The van der Waals surface area contributed by atoms with Crippen LogP contribution in [-0.4, -0.2) is 19.6 Å². The molecule has 0 aliphatic rings. The number of aromatic nitrogens is 4. The van der Waals surface area contributed by atoms with Crippen molar-refractivity contribution >= 4 is 16.7 Å². The van der Waals surface area contributed by atoms with Gasteiger partial charge in [0.1, 0.15) is 5.65 Å². The summed E-state index contributed by atoms with van der Waals surface area (Å²) in [5.41, 5.74) is 3.04. The maximum atomic E-state index is 4.17. The fraction of sp³-hybridized carbons (Fsp3) is 0. The standard InChI is InChI=1S/C8H6N4/c1-2-8-9-3-4-12(8)7-5-10-11-6(1)7/h1-5H,(H,10,11). The first kappa shape index (κ1) is 5.77. The summed E-state index contributed by atoms with van der Waals surface area (Å²) in [6.07, 6.45) is 5.50. The van der Waals surface area contributed by atoms with E-state index in [1.54, 1.807) is 12.4 Å². The molecule has 4 heteroatoms. The summed E-state index contributed by atoms with van der Waals surface area (Å²) < 4.78 is 2.00. The summed E-state index contributed by atoms with van der Waals surface area (Å²) in [7, 11) is 0. The predicted molar refractivity (Wildman–Crippen MR) is 44.8 cm³/mol. The number of hydrogen-bond acceptors (Lipinski definition) is 2. The number of H-pyrrole nitrogens is 1. The van der Waals surface area contributed by atoms with Crippen LogP contribution in [0.2, 0.25) is 0 Å². The Morgan fingerprint density at radius 1 is 1.33 bits per heavy atom. The van der Waals surface area contributed by atoms with E-state index in [-0.39, 0.29) is 0 Å². The van der Waals surface area contributed by atoms with Gasteiger partial charge in [-0.3, -0.25) is 9.50 Å². The number of nitrogens with one attached hydrogen (secondary N) is 1. The molecular formula is C8H6N4. The van der Waals surface area contributed by atoms with E-state index in [1.807, 2.05) is 22.7 Å². The van der Waals surface area contributed by atoms with Crippen LogP contribution < -0.4 is 0 Å². The van der Waals surface area contributed by atoms with Gasteiger partial charge in [-0.05, 0) is 12.1 Å². The summed E-state index contributed by atoms with van der Waals surface area (Å²) in [5, 5.41) is 6.86. The zero-order chi connectivity index (χ0) is 7.97. The third-order valence-electron chi connectivity index (χ3n) is 1.98. The molecule has 0 saturated carbocycles. The van der Waals surface area contributed by atoms with Crippen LogP contribution in [0.3, 0.4) is 0 Å². The van der Waals surface area contributed by atoms with Gasteiger partial charge in [0.15, 0.2) is 0 Å². The van der Waals surface area contributed by atoms with E-state index < -0.39 is 0 Å². The molecule has 0 saturated heterocycles. The zero-order valence-corrected chi connectivity index (χ0v) is 6.23. The Labute approximate surface area is 67.8 Å². The van der Waals surface area contributed by atoms with Crippen molar-refractivity contribution in [1.29, 1.82) is 0 Å². The summed E-state index contributed by atoms with van der Waals surface area (Å²) >= 11 is 0. The van der Waals surface area contributed by atoms with Gasteiger partial charge in [-0.1, -0.05) is 0 Å². The molecule has 3 heterocycles. The molecule has 0 radical (unpaired) electrons. The number of nitrogens with zero attached hydrogens (tertiary/aromatic N) is 3. The van der Waals surface area contributed by atoms with E-state index in [4.69, 9.17) is 0 Å². The zero-order valence-electron chi connectivity index (χ0n) is 6.23. The second-order valence-corrected chi connectivity index (χ2v) is 2.66. The Hall–Kier alpha value is -1.84. The van der Waals surface area contributed by atoms with Crippen molar-refractivity contribution in [2.24, 2.45) is 0 Å². The van der Waals surface area contributed by atoms with Crippen molar-refractivity contribution in [2.45, 2.75) is 0 Å². The average Bonchev–Trinajstić information content (AvgIpc) is 2.71. The van der Waals surface area contributed by atoms with Crippen molar-refractivity contribution in [3.05, 3.63) is 30.7 Å². The smallest absolute Gasteiger partial charge is 0.137 e. The van der Waals surface area contributed by atoms with Gasteiger partial charge in [0.05, 0.1) is 17.2 Å². The summed E-state index contributed by atoms with van der Waals surface area (Å²) in [6, 6.07) is 3.94. The molecule has 0 fully saturated rings. The maximum Gasteiger partial charge on any atom is 0.137 e. The van der Waals surface area contributed by atoms with Crippen molar-refractivity contribution in [3.8, 4) is 0 Å². The van der Waals surface area contributed by atoms with E-state index in [1.165, 1.54) is 0 Å². The highest BCUT2D eigenvalue weighted by Crippen LogP contribution is 2.12. The van der Waals surface area contributed by atoms with E-state index >= 15 is 0 Å². The Balaban J connectivity index is 2.71. The first-order valence-corrected chi connectivity index (χ1v) is 3.70. The van der Waals surface area contributed by atoms with E-state index in [2.05, 4.69) is 15.2 Å². The van der Waals surface area contributed by atoms with Gasteiger partial charge in [0, 0.05) is 12.4 Å². The molecule has 3 aromatic heterocycles. The summed E-state index contributed by atoms with van der Waals surface area (Å²) in [6.45, 7) is 0. The molecule has 12 heavy (non-hydrogen) atoms. The van der Waals surface area contributed by atoms with Gasteiger partial charge in [-0.25, -0.2) is 4.98 Å². The molecular weight excluding hydrogens is 152 g/mol. The molecule has 0 amide bonds. The van der Waals surface area contributed by atoms with Crippen molar-refractivity contribution in [3.63, 3.8) is 0 Å². The fourth-order valence-electron chi connectivity index (χ4n) is 1.40. The Bertz CT molecular complexity index is 484. The predicted octanol–water partition coefficient (Wildman–Crippen LogP) is 1.21. The molecule has 0 unspecified atom stereocenters. The van der Waals surface area contributed by atoms with Crippen molar-refractivity contribution < 1.29 is 0 Å². The Kier molecular flexibility index (Phi) is 0.889. The third-order valence-corrected chi connectivity index (χ3v) is 1.98. The Morgan fingerprint density at radius 3 is 3.33 bits per heavy atom. The molecule has 0 aromatic carbocycles. The lowest BCUT2D eigenvalue weighted by Gasteiger charge is -1.93. The number of imidazole rings is 1. The SMILES string of the molecule is c1cn2c(ccc3[nH]ncc32)n1. The third kappa shape index (κ3) is 0.567. The van der Waals surface area contributed by atoms with Crippen LogP contribution in [0.1, 0.15) is 0 Å². The number of rotatable bonds is 0. The van der Waals surface area contributed by atoms with E-state index in [0.29, 0.717) is 0 Å². The van der Waals surface area contributed by atoms with E-state index in [0.717, 1.165) is 16.7 Å². The minimum Gasteiger partial charge on any atom is -0.297 e. The number of pyridine rings is 1. The monoisotopic (exact) mass is 158 g/mol. The van der Waals surface area contributed by atoms with Crippen LogP contribution in [0, 0.1) is 0 Å². The summed E-state index contributed by atoms with van der Waals surface area (Å²) in [4.78, 5) is 4.17. The second kappa shape index (κ2) is 1.85. The molecule has 3 aromatic rings. The first-order valence-electron chi connectivity index (χ1n) is 3.70. The molecule has 0 aliphatic carbocycles. The van der Waals surface area contributed by atoms with Crippen LogP contribution in [-0.2, 0) is 0 Å². The van der Waals surface area contributed by atoms with Crippen LogP contribution in [0.25, 0.3) is 16.7 Å². The molecule has 58 valence electrons. The van der Waals surface area contributed by atoms with E-state index in [9.17, 15) is 0 Å².